The Hall–Kier alpha value is -1.62. The predicted molar refractivity (Wildman–Crippen MR) is 69.8 cm³/mol. The van der Waals surface area contributed by atoms with Crippen LogP contribution in [0.5, 0.6) is 0 Å². The molecule has 1 atom stereocenters. The number of methoxy groups -OCH3 is 1. The van der Waals surface area contributed by atoms with Gasteiger partial charge in [0.1, 0.15) is 5.56 Å². The molecule has 0 spiro atoms. The van der Waals surface area contributed by atoms with Crippen molar-refractivity contribution in [2.75, 3.05) is 20.3 Å². The fourth-order valence-electron chi connectivity index (χ4n) is 1.88. The van der Waals surface area contributed by atoms with Gasteiger partial charge in [-0.2, -0.15) is 0 Å². The Kier molecular flexibility index (Phi) is 5.09. The lowest BCUT2D eigenvalue weighted by Gasteiger charge is -2.27. The van der Waals surface area contributed by atoms with Gasteiger partial charge in [-0.05, 0) is 32.9 Å². The van der Waals surface area contributed by atoms with Crippen LogP contribution in [0.2, 0.25) is 0 Å². The standard InChI is InChI=1S/C13H20N2O3/c1-5-15(10(3)8-18-4)13(17)11-7-6-9(2)14-12(11)16/h6-7,10H,5,8H2,1-4H3,(H,14,16). The summed E-state index contributed by atoms with van der Waals surface area (Å²) in [5, 5.41) is 0. The molecule has 1 amide bonds. The normalized spacial score (nSPS) is 12.2. The molecule has 0 aliphatic heterocycles. The van der Waals surface area contributed by atoms with Crippen molar-refractivity contribution in [1.82, 2.24) is 9.88 Å². The molecule has 5 heteroatoms. The minimum atomic E-state index is -0.344. The van der Waals surface area contributed by atoms with Gasteiger partial charge in [0.05, 0.1) is 12.6 Å². The summed E-state index contributed by atoms with van der Waals surface area (Å²) >= 11 is 0. The number of nitrogens with one attached hydrogen (secondary N) is 1. The van der Waals surface area contributed by atoms with E-state index in [2.05, 4.69) is 4.98 Å². The molecular formula is C13H20N2O3. The van der Waals surface area contributed by atoms with E-state index in [1.165, 1.54) is 0 Å². The molecular weight excluding hydrogens is 232 g/mol. The Morgan fingerprint density at radius 3 is 2.67 bits per heavy atom. The zero-order valence-corrected chi connectivity index (χ0v) is 11.3. The van der Waals surface area contributed by atoms with Crippen molar-refractivity contribution >= 4 is 5.91 Å². The number of rotatable bonds is 5. The van der Waals surface area contributed by atoms with Crippen LogP contribution in [0.3, 0.4) is 0 Å². The number of pyridine rings is 1. The van der Waals surface area contributed by atoms with Crippen LogP contribution in [0, 0.1) is 6.92 Å². The average molecular weight is 252 g/mol. The lowest BCUT2D eigenvalue weighted by atomic mass is 10.2. The molecule has 0 bridgehead atoms. The smallest absolute Gasteiger partial charge is 0.260 e. The summed E-state index contributed by atoms with van der Waals surface area (Å²) in [7, 11) is 1.59. The van der Waals surface area contributed by atoms with Crippen LogP contribution in [-0.4, -0.2) is 42.1 Å². The maximum Gasteiger partial charge on any atom is 0.260 e. The number of hydrogen-bond acceptors (Lipinski definition) is 3. The lowest BCUT2D eigenvalue weighted by molar-refractivity contribution is 0.0577. The Balaban J connectivity index is 3.00. The van der Waals surface area contributed by atoms with Gasteiger partial charge in [0.25, 0.3) is 11.5 Å². The van der Waals surface area contributed by atoms with Crippen molar-refractivity contribution in [2.45, 2.75) is 26.8 Å². The number of amides is 1. The summed E-state index contributed by atoms with van der Waals surface area (Å²) in [5.74, 6) is -0.261. The van der Waals surface area contributed by atoms with Crippen LogP contribution in [0.25, 0.3) is 0 Å². The van der Waals surface area contributed by atoms with Gasteiger partial charge in [-0.1, -0.05) is 0 Å². The van der Waals surface area contributed by atoms with Gasteiger partial charge in [0, 0.05) is 19.3 Å². The quantitative estimate of drug-likeness (QED) is 0.856. The molecule has 1 aromatic rings. The van der Waals surface area contributed by atoms with Crippen molar-refractivity contribution in [3.63, 3.8) is 0 Å². The maximum absolute atomic E-state index is 12.3. The van der Waals surface area contributed by atoms with E-state index in [-0.39, 0.29) is 23.1 Å². The van der Waals surface area contributed by atoms with Gasteiger partial charge in [-0.3, -0.25) is 9.59 Å². The second-order valence-electron chi connectivity index (χ2n) is 4.28. The maximum atomic E-state index is 12.3. The molecule has 1 aromatic heterocycles. The number of carbonyl (C=O) groups is 1. The molecule has 100 valence electrons. The third-order valence-electron chi connectivity index (χ3n) is 2.83. The van der Waals surface area contributed by atoms with E-state index < -0.39 is 0 Å². The van der Waals surface area contributed by atoms with Crippen LogP contribution >= 0.6 is 0 Å². The molecule has 1 heterocycles. The van der Waals surface area contributed by atoms with Crippen molar-refractivity contribution < 1.29 is 9.53 Å². The second-order valence-corrected chi connectivity index (χ2v) is 4.28. The van der Waals surface area contributed by atoms with Crippen LogP contribution in [-0.2, 0) is 4.74 Å². The number of aryl methyl sites for hydroxylation is 1. The molecule has 0 saturated carbocycles. The molecule has 5 nitrogen and oxygen atoms in total. The van der Waals surface area contributed by atoms with E-state index in [4.69, 9.17) is 4.74 Å². The second kappa shape index (κ2) is 6.35. The lowest BCUT2D eigenvalue weighted by Crippen LogP contribution is -2.42. The minimum absolute atomic E-state index is 0.0618. The molecule has 0 aliphatic carbocycles. The van der Waals surface area contributed by atoms with Gasteiger partial charge < -0.3 is 14.6 Å². The number of carbonyl (C=O) groups excluding carboxylic acids is 1. The average Bonchev–Trinajstić information content (AvgIpc) is 2.29. The number of likely N-dealkylation sites (N-methyl/N-ethyl adjacent to an activating group) is 1. The minimum Gasteiger partial charge on any atom is -0.383 e. The van der Waals surface area contributed by atoms with Crippen molar-refractivity contribution in [3.05, 3.63) is 33.7 Å². The molecule has 0 fully saturated rings. The number of aromatic amines is 1. The van der Waals surface area contributed by atoms with E-state index in [0.717, 1.165) is 5.69 Å². The first-order chi connectivity index (χ1) is 8.51. The highest BCUT2D eigenvalue weighted by Crippen LogP contribution is 2.06. The summed E-state index contributed by atoms with van der Waals surface area (Å²) in [6, 6.07) is 3.23. The molecule has 1 unspecified atom stereocenters. The highest BCUT2D eigenvalue weighted by molar-refractivity contribution is 5.94. The highest BCUT2D eigenvalue weighted by Gasteiger charge is 2.21. The summed E-state index contributed by atoms with van der Waals surface area (Å²) in [6.07, 6.45) is 0. The third-order valence-corrected chi connectivity index (χ3v) is 2.83. The van der Waals surface area contributed by atoms with E-state index in [0.29, 0.717) is 13.2 Å². The van der Waals surface area contributed by atoms with Gasteiger partial charge in [-0.15, -0.1) is 0 Å². The summed E-state index contributed by atoms with van der Waals surface area (Å²) in [6.45, 7) is 6.54. The van der Waals surface area contributed by atoms with Crippen LogP contribution in [0.4, 0.5) is 0 Å². The van der Waals surface area contributed by atoms with Crippen molar-refractivity contribution in [3.8, 4) is 0 Å². The largest absolute Gasteiger partial charge is 0.383 e. The zero-order valence-electron chi connectivity index (χ0n) is 11.3. The molecule has 18 heavy (non-hydrogen) atoms. The molecule has 0 aromatic carbocycles. The zero-order chi connectivity index (χ0) is 13.7. The van der Waals surface area contributed by atoms with Crippen LogP contribution < -0.4 is 5.56 Å². The van der Waals surface area contributed by atoms with Crippen LogP contribution in [0.15, 0.2) is 16.9 Å². The van der Waals surface area contributed by atoms with Gasteiger partial charge in [0.15, 0.2) is 0 Å². The molecule has 0 saturated heterocycles. The first-order valence-corrected chi connectivity index (χ1v) is 6.01. The van der Waals surface area contributed by atoms with Crippen molar-refractivity contribution in [2.24, 2.45) is 0 Å². The van der Waals surface area contributed by atoms with E-state index in [1.54, 1.807) is 31.1 Å². The molecule has 1 rings (SSSR count). The Bertz CT molecular complexity index is 468. The van der Waals surface area contributed by atoms with Crippen molar-refractivity contribution in [1.29, 1.82) is 0 Å². The number of hydrogen-bond donors (Lipinski definition) is 1. The predicted octanol–water partition coefficient (Wildman–Crippen LogP) is 1.18. The Labute approximate surface area is 107 Å². The SMILES string of the molecule is CCN(C(=O)c1ccc(C)[nH]c1=O)C(C)COC. The number of ether oxygens (including phenoxy) is 1. The summed E-state index contributed by atoms with van der Waals surface area (Å²) in [5.41, 5.74) is 0.568. The molecule has 1 N–H and O–H groups in total. The fourth-order valence-corrected chi connectivity index (χ4v) is 1.88. The fraction of sp³-hybridized carbons (Fsp3) is 0.538. The number of H-pyrrole nitrogens is 1. The summed E-state index contributed by atoms with van der Waals surface area (Å²) < 4.78 is 5.04. The topological polar surface area (TPSA) is 62.4 Å². The first-order valence-electron chi connectivity index (χ1n) is 6.01. The Morgan fingerprint density at radius 2 is 2.17 bits per heavy atom. The van der Waals surface area contributed by atoms with E-state index >= 15 is 0 Å². The highest BCUT2D eigenvalue weighted by atomic mass is 16.5. The van der Waals surface area contributed by atoms with Gasteiger partial charge in [-0.25, -0.2) is 0 Å². The van der Waals surface area contributed by atoms with Gasteiger partial charge >= 0.3 is 0 Å². The van der Waals surface area contributed by atoms with Gasteiger partial charge in [0.2, 0.25) is 0 Å². The molecule has 0 aliphatic rings. The van der Waals surface area contributed by atoms with Crippen LogP contribution in [0.1, 0.15) is 29.9 Å². The van der Waals surface area contributed by atoms with E-state index in [9.17, 15) is 9.59 Å². The summed E-state index contributed by atoms with van der Waals surface area (Å²) in [4.78, 5) is 28.3. The number of nitrogens with zero attached hydrogens (tertiary/aromatic N) is 1. The third kappa shape index (κ3) is 3.20. The molecule has 0 radical (unpaired) electrons. The first kappa shape index (κ1) is 14.4. The number of aromatic nitrogens is 1. The van der Waals surface area contributed by atoms with E-state index in [1.807, 2.05) is 13.8 Å². The monoisotopic (exact) mass is 252 g/mol. The Morgan fingerprint density at radius 1 is 1.50 bits per heavy atom.